The smallest absolute Gasteiger partial charge is 0.0376 e. The van der Waals surface area contributed by atoms with E-state index in [4.69, 9.17) is 11.6 Å². The zero-order valence-corrected chi connectivity index (χ0v) is 15.8. The summed E-state index contributed by atoms with van der Waals surface area (Å²) in [4.78, 5) is 0. The molecule has 0 aliphatic carbocycles. The molecule has 0 aliphatic rings. The molecule has 0 aliphatic heterocycles. The molecule has 1 aromatic carbocycles. The van der Waals surface area contributed by atoms with Gasteiger partial charge in [0.05, 0.1) is 0 Å². The van der Waals surface area contributed by atoms with Crippen LogP contribution < -0.4 is 0 Å². The molecule has 0 heterocycles. The SMILES string of the molecule is CCCCCCCCCCCC(Cl)Cc1ccc(Br)cc1. The van der Waals surface area contributed by atoms with Gasteiger partial charge in [-0.3, -0.25) is 0 Å². The summed E-state index contributed by atoms with van der Waals surface area (Å²) in [6, 6.07) is 8.51. The average molecular weight is 374 g/mol. The molecule has 0 radical (unpaired) electrons. The Morgan fingerprint density at radius 1 is 0.857 bits per heavy atom. The van der Waals surface area contributed by atoms with Crippen molar-refractivity contribution in [1.82, 2.24) is 0 Å². The van der Waals surface area contributed by atoms with Crippen molar-refractivity contribution >= 4 is 27.5 Å². The minimum Gasteiger partial charge on any atom is -0.123 e. The lowest BCUT2D eigenvalue weighted by Crippen LogP contribution is -2.03. The summed E-state index contributed by atoms with van der Waals surface area (Å²) in [6.07, 6.45) is 14.6. The van der Waals surface area contributed by atoms with Crippen molar-refractivity contribution in [2.24, 2.45) is 0 Å². The van der Waals surface area contributed by atoms with E-state index in [1.807, 2.05) is 0 Å². The lowest BCUT2D eigenvalue weighted by Gasteiger charge is -2.09. The molecule has 1 aromatic rings. The standard InChI is InChI=1S/C19H30BrCl/c1-2-3-4-5-6-7-8-9-10-11-19(21)16-17-12-14-18(20)15-13-17/h12-15,19H,2-11,16H2,1H3. The molecular formula is C19H30BrCl. The first kappa shape index (κ1) is 19.0. The van der Waals surface area contributed by atoms with Crippen LogP contribution in [0.3, 0.4) is 0 Å². The lowest BCUT2D eigenvalue weighted by atomic mass is 10.0. The third kappa shape index (κ3) is 10.4. The fourth-order valence-electron chi connectivity index (χ4n) is 2.65. The minimum atomic E-state index is 0.288. The van der Waals surface area contributed by atoms with E-state index in [1.165, 1.54) is 63.4 Å². The molecule has 1 atom stereocenters. The van der Waals surface area contributed by atoms with E-state index < -0.39 is 0 Å². The second kappa shape index (κ2) is 12.5. The van der Waals surface area contributed by atoms with Crippen molar-refractivity contribution in [2.75, 3.05) is 0 Å². The lowest BCUT2D eigenvalue weighted by molar-refractivity contribution is 0.551. The van der Waals surface area contributed by atoms with E-state index >= 15 is 0 Å². The minimum absolute atomic E-state index is 0.288. The van der Waals surface area contributed by atoms with Gasteiger partial charge in [0.2, 0.25) is 0 Å². The maximum Gasteiger partial charge on any atom is 0.0376 e. The number of alkyl halides is 1. The zero-order chi connectivity index (χ0) is 15.3. The Bertz CT molecular complexity index is 347. The number of benzene rings is 1. The zero-order valence-electron chi connectivity index (χ0n) is 13.4. The van der Waals surface area contributed by atoms with Gasteiger partial charge in [0.25, 0.3) is 0 Å². The highest BCUT2D eigenvalue weighted by atomic mass is 79.9. The van der Waals surface area contributed by atoms with Gasteiger partial charge in [0.1, 0.15) is 0 Å². The Balaban J connectivity index is 1.96. The number of hydrogen-bond donors (Lipinski definition) is 0. The molecule has 0 fully saturated rings. The molecule has 120 valence electrons. The molecular weight excluding hydrogens is 344 g/mol. The van der Waals surface area contributed by atoms with Crippen LogP contribution in [0.15, 0.2) is 28.7 Å². The van der Waals surface area contributed by atoms with Crippen LogP contribution in [0, 0.1) is 0 Å². The molecule has 21 heavy (non-hydrogen) atoms. The fourth-order valence-corrected chi connectivity index (χ4v) is 3.25. The Morgan fingerprint density at radius 3 is 1.95 bits per heavy atom. The Hall–Kier alpha value is -0.0100. The van der Waals surface area contributed by atoms with Gasteiger partial charge in [-0.1, -0.05) is 92.8 Å². The summed E-state index contributed by atoms with van der Waals surface area (Å²) in [7, 11) is 0. The van der Waals surface area contributed by atoms with Gasteiger partial charge in [-0.15, -0.1) is 11.6 Å². The van der Waals surface area contributed by atoms with Crippen molar-refractivity contribution in [1.29, 1.82) is 0 Å². The van der Waals surface area contributed by atoms with Crippen LogP contribution in [0.5, 0.6) is 0 Å². The van der Waals surface area contributed by atoms with Crippen LogP contribution in [0.25, 0.3) is 0 Å². The number of rotatable bonds is 12. The fraction of sp³-hybridized carbons (Fsp3) is 0.684. The Kier molecular flexibility index (Phi) is 11.4. The average Bonchev–Trinajstić information content (AvgIpc) is 2.48. The molecule has 0 bridgehead atoms. The first-order valence-corrected chi connectivity index (χ1v) is 9.84. The summed E-state index contributed by atoms with van der Waals surface area (Å²) in [5.74, 6) is 0. The second-order valence-corrected chi connectivity index (χ2v) is 7.58. The van der Waals surface area contributed by atoms with Crippen molar-refractivity contribution in [3.05, 3.63) is 34.3 Å². The van der Waals surface area contributed by atoms with Gasteiger partial charge < -0.3 is 0 Å². The van der Waals surface area contributed by atoms with E-state index in [0.29, 0.717) is 0 Å². The van der Waals surface area contributed by atoms with E-state index in [1.54, 1.807) is 0 Å². The topological polar surface area (TPSA) is 0 Å². The van der Waals surface area contributed by atoms with Crippen molar-refractivity contribution in [3.8, 4) is 0 Å². The molecule has 0 amide bonds. The second-order valence-electron chi connectivity index (χ2n) is 6.04. The summed E-state index contributed by atoms with van der Waals surface area (Å²) in [6.45, 7) is 2.27. The molecule has 1 rings (SSSR count). The highest BCUT2D eigenvalue weighted by Gasteiger charge is 2.05. The number of unbranched alkanes of at least 4 members (excludes halogenated alkanes) is 8. The molecule has 0 saturated carbocycles. The molecule has 0 saturated heterocycles. The molecule has 2 heteroatoms. The predicted molar refractivity (Wildman–Crippen MR) is 99.3 cm³/mol. The van der Waals surface area contributed by atoms with Crippen molar-refractivity contribution in [2.45, 2.75) is 82.9 Å². The summed E-state index contributed by atoms with van der Waals surface area (Å²) < 4.78 is 1.14. The van der Waals surface area contributed by atoms with Crippen LogP contribution in [0.2, 0.25) is 0 Å². The molecule has 0 aromatic heterocycles. The van der Waals surface area contributed by atoms with Gasteiger partial charge in [0, 0.05) is 9.85 Å². The number of halogens is 2. The Morgan fingerprint density at radius 2 is 1.38 bits per heavy atom. The maximum absolute atomic E-state index is 6.44. The van der Waals surface area contributed by atoms with Gasteiger partial charge in [-0.2, -0.15) is 0 Å². The third-order valence-electron chi connectivity index (χ3n) is 3.99. The Labute approximate surface area is 144 Å². The summed E-state index contributed by atoms with van der Waals surface area (Å²) >= 11 is 9.90. The van der Waals surface area contributed by atoms with Crippen LogP contribution in [-0.4, -0.2) is 5.38 Å². The maximum atomic E-state index is 6.44. The largest absolute Gasteiger partial charge is 0.123 e. The van der Waals surface area contributed by atoms with E-state index in [2.05, 4.69) is 47.1 Å². The van der Waals surface area contributed by atoms with Crippen LogP contribution in [0.4, 0.5) is 0 Å². The normalized spacial score (nSPS) is 12.5. The summed E-state index contributed by atoms with van der Waals surface area (Å²) in [5, 5.41) is 0.288. The highest BCUT2D eigenvalue weighted by molar-refractivity contribution is 9.10. The van der Waals surface area contributed by atoms with Crippen LogP contribution in [0.1, 0.15) is 76.7 Å². The predicted octanol–water partition coefficient (Wildman–Crippen LogP) is 7.52. The van der Waals surface area contributed by atoms with E-state index in [9.17, 15) is 0 Å². The van der Waals surface area contributed by atoms with Gasteiger partial charge in [-0.25, -0.2) is 0 Å². The van der Waals surface area contributed by atoms with Gasteiger partial charge in [-0.05, 0) is 30.5 Å². The van der Waals surface area contributed by atoms with Gasteiger partial charge in [0.15, 0.2) is 0 Å². The quantitative estimate of drug-likeness (QED) is 0.262. The van der Waals surface area contributed by atoms with E-state index in [-0.39, 0.29) is 5.38 Å². The first-order valence-electron chi connectivity index (χ1n) is 8.61. The van der Waals surface area contributed by atoms with E-state index in [0.717, 1.165) is 17.3 Å². The van der Waals surface area contributed by atoms with Crippen LogP contribution >= 0.6 is 27.5 Å². The van der Waals surface area contributed by atoms with Gasteiger partial charge >= 0.3 is 0 Å². The highest BCUT2D eigenvalue weighted by Crippen LogP contribution is 2.18. The van der Waals surface area contributed by atoms with Crippen LogP contribution in [-0.2, 0) is 6.42 Å². The van der Waals surface area contributed by atoms with Crippen molar-refractivity contribution < 1.29 is 0 Å². The number of hydrogen-bond acceptors (Lipinski definition) is 0. The molecule has 0 nitrogen and oxygen atoms in total. The van der Waals surface area contributed by atoms with Crippen molar-refractivity contribution in [3.63, 3.8) is 0 Å². The first-order chi connectivity index (χ1) is 10.2. The molecule has 0 N–H and O–H groups in total. The summed E-state index contributed by atoms with van der Waals surface area (Å²) in [5.41, 5.74) is 1.34. The molecule has 0 spiro atoms. The third-order valence-corrected chi connectivity index (χ3v) is 4.89. The monoisotopic (exact) mass is 372 g/mol. The molecule has 1 unspecified atom stereocenters.